The lowest BCUT2D eigenvalue weighted by Crippen LogP contribution is -2.13. The van der Waals surface area contributed by atoms with Gasteiger partial charge in [-0.05, 0) is 30.3 Å². The van der Waals surface area contributed by atoms with Crippen LogP contribution in [0.4, 0.5) is 0 Å². The van der Waals surface area contributed by atoms with Gasteiger partial charge in [-0.15, -0.1) is 0 Å². The van der Waals surface area contributed by atoms with Crippen molar-refractivity contribution < 1.29 is 4.79 Å². The SMILES string of the molecule is N#C[C@@H](C(=O)c1ccc(Cl)cc1Cl)c1nc2ccccc2[nH]1. The minimum Gasteiger partial charge on any atom is -0.340 e. The number of fused-ring (bicyclic) bond motifs is 1. The monoisotopic (exact) mass is 329 g/mol. The van der Waals surface area contributed by atoms with Crippen LogP contribution in [0.25, 0.3) is 11.0 Å². The molecule has 108 valence electrons. The van der Waals surface area contributed by atoms with Crippen LogP contribution in [0.2, 0.25) is 10.0 Å². The normalized spacial score (nSPS) is 12.0. The van der Waals surface area contributed by atoms with E-state index in [1.807, 2.05) is 30.3 Å². The fourth-order valence-electron chi connectivity index (χ4n) is 2.20. The van der Waals surface area contributed by atoms with Gasteiger partial charge in [-0.2, -0.15) is 5.26 Å². The predicted octanol–water partition coefficient (Wildman–Crippen LogP) is 4.36. The first kappa shape index (κ1) is 14.6. The molecule has 3 rings (SSSR count). The average Bonchev–Trinajstić information content (AvgIpc) is 2.91. The van der Waals surface area contributed by atoms with Crippen molar-refractivity contribution in [1.82, 2.24) is 9.97 Å². The second-order valence-electron chi connectivity index (χ2n) is 4.69. The number of aromatic nitrogens is 2. The summed E-state index contributed by atoms with van der Waals surface area (Å²) in [5.41, 5.74) is 1.72. The number of para-hydroxylation sites is 2. The highest BCUT2D eigenvalue weighted by Crippen LogP contribution is 2.27. The Morgan fingerprint density at radius 2 is 2.00 bits per heavy atom. The molecule has 4 nitrogen and oxygen atoms in total. The van der Waals surface area contributed by atoms with Crippen molar-refractivity contribution in [3.8, 4) is 6.07 Å². The molecule has 0 aliphatic carbocycles. The molecule has 0 spiro atoms. The second-order valence-corrected chi connectivity index (χ2v) is 5.53. The number of imidazole rings is 1. The molecule has 1 aromatic heterocycles. The van der Waals surface area contributed by atoms with Gasteiger partial charge in [-0.3, -0.25) is 4.79 Å². The zero-order valence-corrected chi connectivity index (χ0v) is 12.7. The first-order valence-electron chi connectivity index (χ1n) is 6.43. The van der Waals surface area contributed by atoms with Gasteiger partial charge in [-0.1, -0.05) is 35.3 Å². The molecule has 0 aliphatic rings. The maximum Gasteiger partial charge on any atom is 0.189 e. The molecule has 1 atom stereocenters. The molecule has 0 radical (unpaired) electrons. The van der Waals surface area contributed by atoms with Gasteiger partial charge in [0.15, 0.2) is 11.7 Å². The van der Waals surface area contributed by atoms with Crippen molar-refractivity contribution in [1.29, 1.82) is 5.26 Å². The van der Waals surface area contributed by atoms with E-state index in [-0.39, 0.29) is 10.6 Å². The van der Waals surface area contributed by atoms with Crippen molar-refractivity contribution >= 4 is 40.0 Å². The number of H-pyrrole nitrogens is 1. The Balaban J connectivity index is 2.03. The van der Waals surface area contributed by atoms with Crippen molar-refractivity contribution in [2.24, 2.45) is 0 Å². The topological polar surface area (TPSA) is 69.5 Å². The minimum atomic E-state index is -1.05. The molecule has 0 saturated heterocycles. The lowest BCUT2D eigenvalue weighted by atomic mass is 9.98. The van der Waals surface area contributed by atoms with E-state index in [9.17, 15) is 10.1 Å². The number of halogens is 2. The number of carbonyl (C=O) groups excluding carboxylic acids is 1. The smallest absolute Gasteiger partial charge is 0.189 e. The molecule has 0 bridgehead atoms. The van der Waals surface area contributed by atoms with E-state index in [0.29, 0.717) is 16.4 Å². The number of aromatic amines is 1. The summed E-state index contributed by atoms with van der Waals surface area (Å²) >= 11 is 11.9. The molecule has 22 heavy (non-hydrogen) atoms. The van der Waals surface area contributed by atoms with Crippen LogP contribution in [0.15, 0.2) is 42.5 Å². The molecule has 0 amide bonds. The van der Waals surface area contributed by atoms with E-state index in [1.165, 1.54) is 12.1 Å². The van der Waals surface area contributed by atoms with Crippen LogP contribution in [0.3, 0.4) is 0 Å². The first-order chi connectivity index (χ1) is 10.6. The van der Waals surface area contributed by atoms with Crippen molar-refractivity contribution in [3.63, 3.8) is 0 Å². The van der Waals surface area contributed by atoms with Gasteiger partial charge in [0, 0.05) is 10.6 Å². The number of hydrogen-bond donors (Lipinski definition) is 1. The summed E-state index contributed by atoms with van der Waals surface area (Å²) in [6.07, 6.45) is 0. The Kier molecular flexibility index (Phi) is 3.84. The average molecular weight is 330 g/mol. The molecule has 0 fully saturated rings. The lowest BCUT2D eigenvalue weighted by molar-refractivity contribution is 0.0976. The summed E-state index contributed by atoms with van der Waals surface area (Å²) in [5, 5.41) is 10.0. The van der Waals surface area contributed by atoms with Gasteiger partial charge in [0.1, 0.15) is 5.82 Å². The van der Waals surface area contributed by atoms with E-state index < -0.39 is 11.7 Å². The van der Waals surface area contributed by atoms with Crippen LogP contribution >= 0.6 is 23.2 Å². The highest BCUT2D eigenvalue weighted by atomic mass is 35.5. The third-order valence-electron chi connectivity index (χ3n) is 3.27. The Morgan fingerprint density at radius 1 is 1.23 bits per heavy atom. The van der Waals surface area contributed by atoms with E-state index in [2.05, 4.69) is 9.97 Å². The molecule has 0 saturated carbocycles. The van der Waals surface area contributed by atoms with E-state index in [4.69, 9.17) is 23.2 Å². The number of ketones is 1. The van der Waals surface area contributed by atoms with Crippen LogP contribution in [-0.4, -0.2) is 15.8 Å². The zero-order valence-electron chi connectivity index (χ0n) is 11.2. The van der Waals surface area contributed by atoms with Gasteiger partial charge in [0.2, 0.25) is 0 Å². The number of benzene rings is 2. The van der Waals surface area contributed by atoms with Crippen LogP contribution < -0.4 is 0 Å². The zero-order chi connectivity index (χ0) is 15.7. The van der Waals surface area contributed by atoms with Crippen LogP contribution in [0.5, 0.6) is 0 Å². The van der Waals surface area contributed by atoms with Gasteiger partial charge >= 0.3 is 0 Å². The number of hydrogen-bond acceptors (Lipinski definition) is 3. The van der Waals surface area contributed by atoms with E-state index >= 15 is 0 Å². The molecular formula is C16H9Cl2N3O. The van der Waals surface area contributed by atoms with Crippen LogP contribution in [-0.2, 0) is 0 Å². The largest absolute Gasteiger partial charge is 0.340 e. The highest BCUT2D eigenvalue weighted by molar-refractivity contribution is 6.37. The summed E-state index contributed by atoms with van der Waals surface area (Å²) < 4.78 is 0. The fourth-order valence-corrected chi connectivity index (χ4v) is 2.70. The van der Waals surface area contributed by atoms with Crippen molar-refractivity contribution in [3.05, 3.63) is 63.9 Å². The van der Waals surface area contributed by atoms with Gasteiger partial charge in [-0.25, -0.2) is 4.98 Å². The Bertz CT molecular complexity index is 878. The molecule has 0 aliphatic heterocycles. The number of nitriles is 1. The summed E-state index contributed by atoms with van der Waals surface area (Å²) in [6.45, 7) is 0. The van der Waals surface area contributed by atoms with E-state index in [1.54, 1.807) is 6.07 Å². The van der Waals surface area contributed by atoms with Gasteiger partial charge < -0.3 is 4.98 Å². The predicted molar refractivity (Wildman–Crippen MR) is 85.2 cm³/mol. The Labute approximate surface area is 136 Å². The maximum absolute atomic E-state index is 12.6. The number of carbonyl (C=O) groups is 1. The standard InChI is InChI=1S/C16H9Cl2N3O/c17-9-5-6-10(12(18)7-9)15(22)11(8-19)16-20-13-3-1-2-4-14(13)21-16/h1-7,11H,(H,20,21)/t11-/m0/s1. The van der Waals surface area contributed by atoms with Gasteiger partial charge in [0.05, 0.1) is 22.1 Å². The molecule has 2 aromatic carbocycles. The molecule has 3 aromatic rings. The summed E-state index contributed by atoms with van der Waals surface area (Å²) in [7, 11) is 0. The third kappa shape index (κ3) is 2.57. The molecule has 1 heterocycles. The minimum absolute atomic E-state index is 0.217. The highest BCUT2D eigenvalue weighted by Gasteiger charge is 2.26. The summed E-state index contributed by atoms with van der Waals surface area (Å²) in [5.74, 6) is -1.16. The first-order valence-corrected chi connectivity index (χ1v) is 7.19. The Morgan fingerprint density at radius 3 is 2.68 bits per heavy atom. The number of nitrogens with one attached hydrogen (secondary N) is 1. The Hall–Kier alpha value is -2.35. The summed E-state index contributed by atoms with van der Waals surface area (Å²) in [4.78, 5) is 19.9. The second kappa shape index (κ2) is 5.80. The molecule has 1 N–H and O–H groups in total. The molecule has 0 unspecified atom stereocenters. The molecule has 6 heteroatoms. The lowest BCUT2D eigenvalue weighted by Gasteiger charge is -2.07. The van der Waals surface area contributed by atoms with E-state index in [0.717, 1.165) is 5.52 Å². The van der Waals surface area contributed by atoms with Crippen molar-refractivity contribution in [2.45, 2.75) is 5.92 Å². The van der Waals surface area contributed by atoms with Crippen LogP contribution in [0.1, 0.15) is 22.1 Å². The van der Waals surface area contributed by atoms with Gasteiger partial charge in [0.25, 0.3) is 0 Å². The summed E-state index contributed by atoms with van der Waals surface area (Å²) in [6, 6.07) is 13.9. The quantitative estimate of drug-likeness (QED) is 0.726. The number of Topliss-reactive ketones (excluding diaryl/α,β-unsaturated/α-hetero) is 1. The fraction of sp³-hybridized carbons (Fsp3) is 0.0625. The maximum atomic E-state index is 12.6. The van der Waals surface area contributed by atoms with Crippen molar-refractivity contribution in [2.75, 3.05) is 0 Å². The number of rotatable bonds is 3. The third-order valence-corrected chi connectivity index (χ3v) is 3.82. The molecular weight excluding hydrogens is 321 g/mol. The van der Waals surface area contributed by atoms with Crippen LogP contribution in [0, 0.1) is 11.3 Å². The number of nitrogens with zero attached hydrogens (tertiary/aromatic N) is 2.